The maximum Gasteiger partial charge on any atom is 0.239 e. The summed E-state index contributed by atoms with van der Waals surface area (Å²) < 4.78 is 10.5. The molecular weight excluding hydrogens is 346 g/mol. The molecule has 0 spiro atoms. The summed E-state index contributed by atoms with van der Waals surface area (Å²) in [6.07, 6.45) is 5.64. The van der Waals surface area contributed by atoms with Crippen LogP contribution in [-0.4, -0.2) is 36.7 Å². The summed E-state index contributed by atoms with van der Waals surface area (Å²) in [7, 11) is 1.60. The number of nitrogens with zero attached hydrogens (tertiary/aromatic N) is 1. The molecule has 7 heteroatoms. The van der Waals surface area contributed by atoms with Crippen LogP contribution in [0.1, 0.15) is 37.8 Å². The lowest BCUT2D eigenvalue weighted by atomic mass is 9.95. The van der Waals surface area contributed by atoms with E-state index in [0.717, 1.165) is 31.2 Å². The summed E-state index contributed by atoms with van der Waals surface area (Å²) in [4.78, 5) is 24.0. The highest BCUT2D eigenvalue weighted by Crippen LogP contribution is 2.24. The number of ether oxygens (including phenoxy) is 1. The molecule has 1 aromatic carbocycles. The van der Waals surface area contributed by atoms with E-state index < -0.39 is 0 Å². The standard InChI is InChI=1S/C20H25N3O4/c1-26-17-9-5-6-14(10-17)18-11-16(23-27-18)12-19(24)21-13-20(25)22-15-7-3-2-4-8-15/h5-6,9-11,15H,2-4,7-8,12-13H2,1H3,(H,21,24)(H,22,25). The summed E-state index contributed by atoms with van der Waals surface area (Å²) in [5, 5.41) is 9.54. The number of hydrogen-bond acceptors (Lipinski definition) is 5. The van der Waals surface area contributed by atoms with E-state index in [4.69, 9.17) is 9.26 Å². The van der Waals surface area contributed by atoms with E-state index in [1.165, 1.54) is 6.42 Å². The van der Waals surface area contributed by atoms with Crippen LogP contribution in [0.4, 0.5) is 0 Å². The van der Waals surface area contributed by atoms with Gasteiger partial charge in [-0.25, -0.2) is 0 Å². The zero-order valence-corrected chi connectivity index (χ0v) is 15.5. The molecule has 0 bridgehead atoms. The van der Waals surface area contributed by atoms with Crippen LogP contribution in [0.25, 0.3) is 11.3 Å². The topological polar surface area (TPSA) is 93.5 Å². The maximum absolute atomic E-state index is 12.1. The lowest BCUT2D eigenvalue weighted by Crippen LogP contribution is -2.43. The van der Waals surface area contributed by atoms with Crippen LogP contribution >= 0.6 is 0 Å². The minimum Gasteiger partial charge on any atom is -0.497 e. The van der Waals surface area contributed by atoms with E-state index in [-0.39, 0.29) is 30.8 Å². The Hall–Kier alpha value is -2.83. The Balaban J connectivity index is 1.46. The van der Waals surface area contributed by atoms with Gasteiger partial charge in [-0.1, -0.05) is 36.6 Å². The largest absolute Gasteiger partial charge is 0.497 e. The van der Waals surface area contributed by atoms with Crippen molar-refractivity contribution in [3.8, 4) is 17.1 Å². The average Bonchev–Trinajstić information content (AvgIpc) is 3.16. The molecule has 1 aromatic heterocycles. The fourth-order valence-corrected chi connectivity index (χ4v) is 3.24. The number of methoxy groups -OCH3 is 1. The van der Waals surface area contributed by atoms with E-state index >= 15 is 0 Å². The highest BCUT2D eigenvalue weighted by Gasteiger charge is 2.16. The van der Waals surface area contributed by atoms with Gasteiger partial charge in [-0.3, -0.25) is 9.59 Å². The smallest absolute Gasteiger partial charge is 0.239 e. The van der Waals surface area contributed by atoms with E-state index in [0.29, 0.717) is 17.2 Å². The van der Waals surface area contributed by atoms with Crippen LogP contribution in [0.5, 0.6) is 5.75 Å². The van der Waals surface area contributed by atoms with Gasteiger partial charge in [-0.05, 0) is 25.0 Å². The first-order chi connectivity index (χ1) is 13.1. The Kier molecular flexibility index (Phi) is 6.46. The monoisotopic (exact) mass is 371 g/mol. The molecule has 1 aliphatic rings. The molecule has 0 saturated heterocycles. The fourth-order valence-electron chi connectivity index (χ4n) is 3.24. The van der Waals surface area contributed by atoms with E-state index in [1.807, 2.05) is 24.3 Å². The predicted molar refractivity (Wildman–Crippen MR) is 100 cm³/mol. The number of nitrogens with one attached hydrogen (secondary N) is 2. The minimum atomic E-state index is -0.265. The molecule has 7 nitrogen and oxygen atoms in total. The third kappa shape index (κ3) is 5.57. The Morgan fingerprint density at radius 2 is 2.00 bits per heavy atom. The molecular formula is C20H25N3O4. The van der Waals surface area contributed by atoms with Crippen LogP contribution < -0.4 is 15.4 Å². The van der Waals surface area contributed by atoms with Crippen molar-refractivity contribution in [3.63, 3.8) is 0 Å². The van der Waals surface area contributed by atoms with Gasteiger partial charge in [0.1, 0.15) is 5.75 Å². The molecule has 3 rings (SSSR count). The van der Waals surface area contributed by atoms with E-state index in [1.54, 1.807) is 13.2 Å². The minimum absolute atomic E-state index is 0.0179. The SMILES string of the molecule is COc1cccc(-c2cc(CC(=O)NCC(=O)NC3CCCCC3)no2)c1. The number of hydrogen-bond donors (Lipinski definition) is 2. The van der Waals surface area contributed by atoms with E-state index in [2.05, 4.69) is 15.8 Å². The van der Waals surface area contributed by atoms with Crippen LogP contribution in [0.15, 0.2) is 34.9 Å². The highest BCUT2D eigenvalue weighted by molar-refractivity contribution is 5.85. The number of rotatable bonds is 7. The van der Waals surface area contributed by atoms with Gasteiger partial charge in [0, 0.05) is 17.7 Å². The molecule has 0 unspecified atom stereocenters. The van der Waals surface area contributed by atoms with Gasteiger partial charge in [0.2, 0.25) is 11.8 Å². The number of benzene rings is 1. The molecule has 2 amide bonds. The molecule has 1 saturated carbocycles. The first-order valence-electron chi connectivity index (χ1n) is 9.30. The lowest BCUT2D eigenvalue weighted by molar-refractivity contribution is -0.126. The van der Waals surface area contributed by atoms with Crippen LogP contribution in [0, 0.1) is 0 Å². The van der Waals surface area contributed by atoms with Crippen molar-refractivity contribution in [1.29, 1.82) is 0 Å². The van der Waals surface area contributed by atoms with Crippen molar-refractivity contribution in [2.75, 3.05) is 13.7 Å². The molecule has 2 N–H and O–H groups in total. The zero-order valence-electron chi connectivity index (χ0n) is 15.5. The first-order valence-corrected chi connectivity index (χ1v) is 9.30. The van der Waals surface area contributed by atoms with Gasteiger partial charge in [0.15, 0.2) is 5.76 Å². The van der Waals surface area contributed by atoms with E-state index in [9.17, 15) is 9.59 Å². The van der Waals surface area contributed by atoms with Crippen molar-refractivity contribution in [3.05, 3.63) is 36.0 Å². The first kappa shape index (κ1) is 18.9. The third-order valence-electron chi connectivity index (χ3n) is 4.67. The van der Waals surface area contributed by atoms with Gasteiger partial charge < -0.3 is 19.9 Å². The van der Waals surface area contributed by atoms with Gasteiger partial charge >= 0.3 is 0 Å². The second-order valence-corrected chi connectivity index (χ2v) is 6.77. The summed E-state index contributed by atoms with van der Waals surface area (Å²) in [5.74, 6) is 0.866. The van der Waals surface area contributed by atoms with Crippen molar-refractivity contribution in [1.82, 2.24) is 15.8 Å². The molecule has 0 radical (unpaired) electrons. The Morgan fingerprint density at radius 1 is 1.19 bits per heavy atom. The maximum atomic E-state index is 12.1. The van der Waals surface area contributed by atoms with Crippen molar-refractivity contribution in [2.24, 2.45) is 0 Å². The van der Waals surface area contributed by atoms with Gasteiger partial charge in [0.05, 0.1) is 25.8 Å². The normalized spacial score (nSPS) is 14.6. The molecule has 1 aliphatic carbocycles. The Bertz CT molecular complexity index is 781. The number of aromatic nitrogens is 1. The van der Waals surface area contributed by atoms with Crippen LogP contribution in [-0.2, 0) is 16.0 Å². The molecule has 27 heavy (non-hydrogen) atoms. The Morgan fingerprint density at radius 3 is 2.78 bits per heavy atom. The third-order valence-corrected chi connectivity index (χ3v) is 4.67. The van der Waals surface area contributed by atoms with Gasteiger partial charge in [-0.15, -0.1) is 0 Å². The van der Waals surface area contributed by atoms with Crippen LogP contribution in [0.2, 0.25) is 0 Å². The second kappa shape index (κ2) is 9.21. The molecule has 1 fully saturated rings. The quantitative estimate of drug-likeness (QED) is 0.780. The van der Waals surface area contributed by atoms with Crippen molar-refractivity contribution in [2.45, 2.75) is 44.6 Å². The van der Waals surface area contributed by atoms with Crippen LogP contribution in [0.3, 0.4) is 0 Å². The number of carbonyl (C=O) groups is 2. The summed E-state index contributed by atoms with van der Waals surface area (Å²) in [6.45, 7) is -0.0179. The number of amides is 2. The molecule has 144 valence electrons. The average molecular weight is 371 g/mol. The van der Waals surface area contributed by atoms with Crippen molar-refractivity contribution < 1.29 is 18.8 Å². The van der Waals surface area contributed by atoms with Gasteiger partial charge in [0.25, 0.3) is 0 Å². The van der Waals surface area contributed by atoms with Crippen molar-refractivity contribution >= 4 is 11.8 Å². The predicted octanol–water partition coefficient (Wildman–Crippen LogP) is 2.46. The highest BCUT2D eigenvalue weighted by atomic mass is 16.5. The van der Waals surface area contributed by atoms with Gasteiger partial charge in [-0.2, -0.15) is 0 Å². The second-order valence-electron chi connectivity index (χ2n) is 6.77. The summed E-state index contributed by atoms with van der Waals surface area (Å²) in [5.41, 5.74) is 1.33. The fraction of sp³-hybridized carbons (Fsp3) is 0.450. The molecule has 0 aliphatic heterocycles. The number of carbonyl (C=O) groups excluding carboxylic acids is 2. The molecule has 1 heterocycles. The molecule has 2 aromatic rings. The zero-order chi connectivity index (χ0) is 19.1. The summed E-state index contributed by atoms with van der Waals surface area (Å²) >= 11 is 0. The lowest BCUT2D eigenvalue weighted by Gasteiger charge is -2.22. The Labute approximate surface area is 158 Å². The summed E-state index contributed by atoms with van der Waals surface area (Å²) in [6, 6.07) is 9.36. The molecule has 0 atom stereocenters.